The summed E-state index contributed by atoms with van der Waals surface area (Å²) in [4.78, 5) is 12.4. The number of carbonyl (C=O) groups is 1. The van der Waals surface area contributed by atoms with Crippen LogP contribution in [0.15, 0.2) is 0 Å². The molecule has 0 heterocycles. The van der Waals surface area contributed by atoms with Crippen LogP contribution in [0.25, 0.3) is 0 Å². The van der Waals surface area contributed by atoms with E-state index in [4.69, 9.17) is 4.74 Å². The summed E-state index contributed by atoms with van der Waals surface area (Å²) < 4.78 is 5.15. The molecule has 2 atom stereocenters. The van der Waals surface area contributed by atoms with Gasteiger partial charge in [0.15, 0.2) is 0 Å². The molecule has 0 aromatic carbocycles. The van der Waals surface area contributed by atoms with Crippen LogP contribution in [0, 0.1) is 11.3 Å². The van der Waals surface area contributed by atoms with Gasteiger partial charge in [0.1, 0.15) is 5.54 Å². The second-order valence-corrected chi connectivity index (χ2v) is 7.05. The molecule has 2 fully saturated rings. The molecule has 1 N–H and O–H groups in total. The minimum absolute atomic E-state index is 0.0472. The lowest BCUT2D eigenvalue weighted by Crippen LogP contribution is -2.62. The molecule has 2 aliphatic rings. The number of hydrogen-bond acceptors (Lipinski definition) is 3. The molecule has 0 bridgehead atoms. The van der Waals surface area contributed by atoms with Gasteiger partial charge in [-0.05, 0) is 37.0 Å². The summed E-state index contributed by atoms with van der Waals surface area (Å²) in [6.45, 7) is 6.74. The van der Waals surface area contributed by atoms with Crippen molar-refractivity contribution in [3.63, 3.8) is 0 Å². The van der Waals surface area contributed by atoms with Crippen LogP contribution in [0.2, 0.25) is 0 Å². The first kappa shape index (κ1) is 13.9. The van der Waals surface area contributed by atoms with Gasteiger partial charge in [0.05, 0.1) is 7.11 Å². The Morgan fingerprint density at radius 3 is 2.39 bits per heavy atom. The average Bonchev–Trinajstić information content (AvgIpc) is 3.11. The molecule has 2 rings (SSSR count). The highest BCUT2D eigenvalue weighted by Crippen LogP contribution is 2.46. The third-order valence-electron chi connectivity index (χ3n) is 4.54. The van der Waals surface area contributed by atoms with Gasteiger partial charge in [-0.1, -0.05) is 33.6 Å². The number of nitrogens with one attached hydrogen (secondary N) is 1. The van der Waals surface area contributed by atoms with E-state index in [2.05, 4.69) is 26.1 Å². The van der Waals surface area contributed by atoms with Crippen LogP contribution in [0.1, 0.15) is 59.3 Å². The fraction of sp³-hybridized carbons (Fsp3) is 0.933. The Morgan fingerprint density at radius 2 is 1.89 bits per heavy atom. The van der Waals surface area contributed by atoms with Crippen molar-refractivity contribution in [2.45, 2.75) is 70.9 Å². The summed E-state index contributed by atoms with van der Waals surface area (Å²) in [6.07, 6.45) is 6.82. The molecule has 0 aliphatic heterocycles. The third-order valence-corrected chi connectivity index (χ3v) is 4.54. The average molecular weight is 253 g/mol. The van der Waals surface area contributed by atoms with Crippen LogP contribution in [0.4, 0.5) is 0 Å². The topological polar surface area (TPSA) is 38.3 Å². The van der Waals surface area contributed by atoms with Crippen LogP contribution in [0.5, 0.6) is 0 Å². The number of methoxy groups -OCH3 is 1. The monoisotopic (exact) mass is 253 g/mol. The third kappa shape index (κ3) is 2.56. The Morgan fingerprint density at radius 1 is 1.22 bits per heavy atom. The van der Waals surface area contributed by atoms with E-state index in [-0.39, 0.29) is 11.4 Å². The molecule has 3 heteroatoms. The lowest BCUT2D eigenvalue weighted by atomic mass is 9.62. The van der Waals surface area contributed by atoms with Crippen molar-refractivity contribution in [1.29, 1.82) is 0 Å². The van der Waals surface area contributed by atoms with Crippen molar-refractivity contribution < 1.29 is 9.53 Å². The van der Waals surface area contributed by atoms with E-state index in [0.29, 0.717) is 12.0 Å². The van der Waals surface area contributed by atoms with E-state index in [1.54, 1.807) is 0 Å². The predicted octanol–water partition coefficient (Wildman–Crippen LogP) is 2.89. The highest BCUT2D eigenvalue weighted by Gasteiger charge is 2.53. The minimum Gasteiger partial charge on any atom is -0.468 e. The van der Waals surface area contributed by atoms with Crippen LogP contribution in [-0.2, 0) is 9.53 Å². The summed E-state index contributed by atoms with van der Waals surface area (Å²) in [5.74, 6) is 0.320. The largest absolute Gasteiger partial charge is 0.468 e. The fourth-order valence-electron chi connectivity index (χ4n) is 3.60. The number of esters is 1. The van der Waals surface area contributed by atoms with E-state index in [0.717, 1.165) is 19.3 Å². The summed E-state index contributed by atoms with van der Waals surface area (Å²) in [5.41, 5.74) is -0.303. The van der Waals surface area contributed by atoms with Gasteiger partial charge in [0.2, 0.25) is 0 Å². The molecule has 0 aromatic heterocycles. The van der Waals surface area contributed by atoms with Gasteiger partial charge in [0.25, 0.3) is 0 Å². The molecule has 104 valence electrons. The minimum atomic E-state index is -0.438. The molecule has 0 amide bonds. The van der Waals surface area contributed by atoms with Crippen molar-refractivity contribution in [2.24, 2.45) is 11.3 Å². The number of hydrogen-bond donors (Lipinski definition) is 1. The van der Waals surface area contributed by atoms with Crippen molar-refractivity contribution >= 4 is 5.97 Å². The van der Waals surface area contributed by atoms with E-state index >= 15 is 0 Å². The van der Waals surface area contributed by atoms with Gasteiger partial charge in [-0.2, -0.15) is 0 Å². The zero-order chi connectivity index (χ0) is 13.4. The first-order valence-corrected chi connectivity index (χ1v) is 7.26. The maximum atomic E-state index is 12.4. The Bertz CT molecular complexity index is 317. The second kappa shape index (κ2) is 4.84. The van der Waals surface area contributed by atoms with Crippen LogP contribution in [0.3, 0.4) is 0 Å². The van der Waals surface area contributed by atoms with Gasteiger partial charge in [-0.3, -0.25) is 10.1 Å². The predicted molar refractivity (Wildman–Crippen MR) is 72.3 cm³/mol. The van der Waals surface area contributed by atoms with E-state index in [1.807, 2.05) is 0 Å². The standard InChI is InChI=1S/C15H27NO2/c1-14(2,3)12-7-5-6-10-15(12,13(17)18-4)16-11-8-9-11/h11-12,16H,5-10H2,1-4H3. The number of ether oxygens (including phenoxy) is 1. The van der Waals surface area contributed by atoms with Gasteiger partial charge < -0.3 is 4.74 Å². The summed E-state index contributed by atoms with van der Waals surface area (Å²) in [6, 6.07) is 0.534. The van der Waals surface area contributed by atoms with Gasteiger partial charge in [-0.25, -0.2) is 0 Å². The first-order chi connectivity index (χ1) is 8.40. The summed E-state index contributed by atoms with van der Waals surface area (Å²) in [5, 5.41) is 3.64. The van der Waals surface area contributed by atoms with Crippen LogP contribution in [-0.4, -0.2) is 24.7 Å². The normalized spacial score (nSPS) is 33.2. The molecular weight excluding hydrogens is 226 g/mol. The lowest BCUT2D eigenvalue weighted by Gasteiger charge is -2.48. The molecule has 0 aromatic rings. The quantitative estimate of drug-likeness (QED) is 0.786. The SMILES string of the molecule is COC(=O)C1(NC2CC2)CCCCC1C(C)(C)C. The zero-order valence-corrected chi connectivity index (χ0v) is 12.2. The smallest absolute Gasteiger partial charge is 0.326 e. The van der Waals surface area contributed by atoms with Crippen molar-refractivity contribution in [1.82, 2.24) is 5.32 Å². The van der Waals surface area contributed by atoms with Gasteiger partial charge in [-0.15, -0.1) is 0 Å². The Kier molecular flexibility index (Phi) is 3.72. The zero-order valence-electron chi connectivity index (χ0n) is 12.2. The molecular formula is C15H27NO2. The molecule has 0 radical (unpaired) electrons. The fourth-order valence-corrected chi connectivity index (χ4v) is 3.60. The van der Waals surface area contributed by atoms with Crippen molar-refractivity contribution in [3.8, 4) is 0 Å². The maximum Gasteiger partial charge on any atom is 0.326 e. The van der Waals surface area contributed by atoms with Crippen LogP contribution >= 0.6 is 0 Å². The Labute approximate surface area is 111 Å². The molecule has 2 saturated carbocycles. The molecule has 3 nitrogen and oxygen atoms in total. The molecule has 18 heavy (non-hydrogen) atoms. The van der Waals surface area contributed by atoms with Crippen LogP contribution < -0.4 is 5.32 Å². The highest BCUT2D eigenvalue weighted by molar-refractivity contribution is 5.81. The Balaban J connectivity index is 2.29. The lowest BCUT2D eigenvalue weighted by molar-refractivity contribution is -0.156. The molecule has 2 aliphatic carbocycles. The summed E-state index contributed by atoms with van der Waals surface area (Å²) >= 11 is 0. The van der Waals surface area contributed by atoms with E-state index < -0.39 is 5.54 Å². The van der Waals surface area contributed by atoms with Gasteiger partial charge in [0, 0.05) is 6.04 Å². The van der Waals surface area contributed by atoms with E-state index in [1.165, 1.54) is 26.4 Å². The summed E-state index contributed by atoms with van der Waals surface area (Å²) in [7, 11) is 1.52. The Hall–Kier alpha value is -0.570. The number of rotatable bonds is 3. The highest BCUT2D eigenvalue weighted by atomic mass is 16.5. The maximum absolute atomic E-state index is 12.4. The van der Waals surface area contributed by atoms with Crippen molar-refractivity contribution in [2.75, 3.05) is 7.11 Å². The second-order valence-electron chi connectivity index (χ2n) is 7.05. The first-order valence-electron chi connectivity index (χ1n) is 7.26. The van der Waals surface area contributed by atoms with Gasteiger partial charge >= 0.3 is 5.97 Å². The van der Waals surface area contributed by atoms with E-state index in [9.17, 15) is 4.79 Å². The van der Waals surface area contributed by atoms with Crippen molar-refractivity contribution in [3.05, 3.63) is 0 Å². The number of carbonyl (C=O) groups excluding carboxylic acids is 1. The molecule has 0 spiro atoms. The molecule has 2 unspecified atom stereocenters. The molecule has 0 saturated heterocycles.